The second-order valence-electron chi connectivity index (χ2n) is 5.98. The highest BCUT2D eigenvalue weighted by Gasteiger charge is 2.23. The summed E-state index contributed by atoms with van der Waals surface area (Å²) < 4.78 is 0. The second kappa shape index (κ2) is 5.08. The van der Waals surface area contributed by atoms with Gasteiger partial charge in [-0.15, -0.1) is 0 Å². The van der Waals surface area contributed by atoms with Crippen molar-refractivity contribution in [1.82, 2.24) is 15.0 Å². The number of nitrogens with one attached hydrogen (secondary N) is 2. The summed E-state index contributed by atoms with van der Waals surface area (Å²) in [7, 11) is 0. The van der Waals surface area contributed by atoms with Gasteiger partial charge < -0.3 is 15.4 Å². The summed E-state index contributed by atoms with van der Waals surface area (Å²) in [6.45, 7) is 1.99. The van der Waals surface area contributed by atoms with Crippen LogP contribution in [0.1, 0.15) is 27.2 Å². The number of carboxylic acid groups (broad SMARTS) is 1. The van der Waals surface area contributed by atoms with E-state index in [4.69, 9.17) is 5.11 Å². The van der Waals surface area contributed by atoms with Crippen LogP contribution in [0.3, 0.4) is 0 Å². The Balaban J connectivity index is 1.59. The Morgan fingerprint density at radius 2 is 2.09 bits per heavy atom. The Morgan fingerprint density at radius 1 is 1.26 bits per heavy atom. The molecule has 0 fully saturated rings. The summed E-state index contributed by atoms with van der Waals surface area (Å²) in [5, 5.41) is 13.6. The number of aromatic nitrogens is 3. The van der Waals surface area contributed by atoms with Gasteiger partial charge in [-0.3, -0.25) is 0 Å². The zero-order chi connectivity index (χ0) is 16.0. The molecule has 0 saturated heterocycles. The highest BCUT2D eigenvalue weighted by Crippen LogP contribution is 2.27. The second-order valence-corrected chi connectivity index (χ2v) is 5.98. The predicted octanol–water partition coefficient (Wildman–Crippen LogP) is 2.54. The molecule has 1 aliphatic rings. The number of hydrogen-bond acceptors (Lipinski definition) is 4. The number of aromatic amines is 1. The zero-order valence-electron chi connectivity index (χ0n) is 12.6. The number of carboxylic acids is 1. The van der Waals surface area contributed by atoms with Crippen molar-refractivity contribution in [3.8, 4) is 0 Å². The van der Waals surface area contributed by atoms with Crippen LogP contribution in [0.2, 0.25) is 0 Å². The first kappa shape index (κ1) is 13.8. The largest absolute Gasteiger partial charge is 0.478 e. The summed E-state index contributed by atoms with van der Waals surface area (Å²) in [4.78, 5) is 22.9. The van der Waals surface area contributed by atoms with E-state index in [1.165, 1.54) is 5.56 Å². The molecule has 3 N–H and O–H groups in total. The van der Waals surface area contributed by atoms with E-state index in [1.54, 1.807) is 18.5 Å². The topological polar surface area (TPSA) is 90.9 Å². The van der Waals surface area contributed by atoms with Crippen molar-refractivity contribution in [2.24, 2.45) is 0 Å². The number of anilines is 1. The van der Waals surface area contributed by atoms with E-state index >= 15 is 0 Å². The van der Waals surface area contributed by atoms with Crippen molar-refractivity contribution in [2.45, 2.75) is 25.8 Å². The quantitative estimate of drug-likeness (QED) is 0.691. The van der Waals surface area contributed by atoms with Crippen molar-refractivity contribution in [3.63, 3.8) is 0 Å². The van der Waals surface area contributed by atoms with Crippen molar-refractivity contribution < 1.29 is 9.90 Å². The smallest absolute Gasteiger partial charge is 0.335 e. The highest BCUT2D eigenvalue weighted by molar-refractivity contribution is 5.88. The summed E-state index contributed by atoms with van der Waals surface area (Å²) in [6, 6.07) is 7.60. The van der Waals surface area contributed by atoms with E-state index in [0.717, 1.165) is 41.0 Å². The lowest BCUT2D eigenvalue weighted by Gasteiger charge is -2.13. The molecule has 2 aromatic heterocycles. The lowest BCUT2D eigenvalue weighted by Crippen LogP contribution is -2.20. The van der Waals surface area contributed by atoms with Gasteiger partial charge in [0.05, 0.1) is 10.9 Å². The lowest BCUT2D eigenvalue weighted by molar-refractivity contribution is 0.0697. The predicted molar refractivity (Wildman–Crippen MR) is 86.8 cm³/mol. The fourth-order valence-corrected chi connectivity index (χ4v) is 3.23. The van der Waals surface area contributed by atoms with Crippen LogP contribution < -0.4 is 5.32 Å². The number of aromatic carboxylic acids is 1. The molecule has 23 heavy (non-hydrogen) atoms. The van der Waals surface area contributed by atoms with Crippen molar-refractivity contribution in [1.29, 1.82) is 0 Å². The van der Waals surface area contributed by atoms with Crippen LogP contribution in [0.25, 0.3) is 11.0 Å². The summed E-state index contributed by atoms with van der Waals surface area (Å²) in [5.41, 5.74) is 4.50. The van der Waals surface area contributed by atoms with Crippen LogP contribution in [-0.4, -0.2) is 32.1 Å². The maximum atomic E-state index is 11.1. The van der Waals surface area contributed by atoms with Crippen LogP contribution in [0.5, 0.6) is 0 Å². The number of benzene rings is 1. The molecule has 1 atom stereocenters. The Bertz CT molecular complexity index is 916. The Hall–Kier alpha value is -2.89. The Kier molecular flexibility index (Phi) is 3.04. The summed E-state index contributed by atoms with van der Waals surface area (Å²) >= 11 is 0. The molecule has 116 valence electrons. The molecule has 6 heteroatoms. The molecule has 0 spiro atoms. The SMILES string of the molecule is Cc1cc2c(NC3Cc4ccc(C(=O)O)cc4C3)ncnc2[nH]1. The van der Waals surface area contributed by atoms with Gasteiger partial charge in [0.15, 0.2) is 0 Å². The molecule has 6 nitrogen and oxygen atoms in total. The number of carbonyl (C=O) groups is 1. The van der Waals surface area contributed by atoms with Gasteiger partial charge in [-0.2, -0.15) is 0 Å². The Labute approximate surface area is 132 Å². The molecular formula is C17H16N4O2. The van der Waals surface area contributed by atoms with E-state index in [9.17, 15) is 4.79 Å². The molecule has 0 aliphatic heterocycles. The van der Waals surface area contributed by atoms with E-state index in [-0.39, 0.29) is 6.04 Å². The molecule has 0 radical (unpaired) electrons. The minimum absolute atomic E-state index is 0.211. The van der Waals surface area contributed by atoms with Gasteiger partial charge in [-0.25, -0.2) is 14.8 Å². The third kappa shape index (κ3) is 2.42. The van der Waals surface area contributed by atoms with Crippen LogP contribution in [0, 0.1) is 6.92 Å². The van der Waals surface area contributed by atoms with Gasteiger partial charge in [0.25, 0.3) is 0 Å². The van der Waals surface area contributed by atoms with Crippen LogP contribution >= 0.6 is 0 Å². The van der Waals surface area contributed by atoms with Crippen LogP contribution in [0.15, 0.2) is 30.6 Å². The Morgan fingerprint density at radius 3 is 2.91 bits per heavy atom. The number of rotatable bonds is 3. The van der Waals surface area contributed by atoms with Crippen LogP contribution in [-0.2, 0) is 12.8 Å². The first-order valence-electron chi connectivity index (χ1n) is 7.52. The van der Waals surface area contributed by atoms with E-state index in [2.05, 4.69) is 20.3 Å². The minimum atomic E-state index is -0.885. The molecule has 1 aromatic carbocycles. The third-order valence-corrected chi connectivity index (χ3v) is 4.29. The van der Waals surface area contributed by atoms with E-state index in [0.29, 0.717) is 5.56 Å². The summed E-state index contributed by atoms with van der Waals surface area (Å²) in [5.74, 6) is -0.0693. The molecule has 1 unspecified atom stereocenters. The van der Waals surface area contributed by atoms with Crippen molar-refractivity contribution in [3.05, 3.63) is 53.0 Å². The number of aryl methyl sites for hydroxylation is 1. The average Bonchev–Trinajstić information content (AvgIpc) is 3.08. The van der Waals surface area contributed by atoms with Crippen molar-refractivity contribution in [2.75, 3.05) is 5.32 Å². The molecule has 0 amide bonds. The normalized spacial score (nSPS) is 16.5. The van der Waals surface area contributed by atoms with Gasteiger partial charge in [-0.05, 0) is 49.1 Å². The first-order chi connectivity index (χ1) is 11.1. The minimum Gasteiger partial charge on any atom is -0.478 e. The lowest BCUT2D eigenvalue weighted by atomic mass is 10.1. The van der Waals surface area contributed by atoms with Crippen molar-refractivity contribution >= 4 is 22.8 Å². The summed E-state index contributed by atoms with van der Waals surface area (Å²) in [6.07, 6.45) is 3.21. The molecule has 0 bridgehead atoms. The molecule has 0 saturated carbocycles. The average molecular weight is 308 g/mol. The molecule has 1 aliphatic carbocycles. The molecule has 4 rings (SSSR count). The van der Waals surface area contributed by atoms with E-state index in [1.807, 2.05) is 19.1 Å². The fraction of sp³-hybridized carbons (Fsp3) is 0.235. The molecule has 3 aromatic rings. The van der Waals surface area contributed by atoms with Gasteiger partial charge in [0, 0.05) is 11.7 Å². The maximum absolute atomic E-state index is 11.1. The highest BCUT2D eigenvalue weighted by atomic mass is 16.4. The third-order valence-electron chi connectivity index (χ3n) is 4.29. The zero-order valence-corrected chi connectivity index (χ0v) is 12.6. The van der Waals surface area contributed by atoms with Crippen LogP contribution in [0.4, 0.5) is 5.82 Å². The number of H-pyrrole nitrogens is 1. The van der Waals surface area contributed by atoms with Gasteiger partial charge in [0.2, 0.25) is 0 Å². The van der Waals surface area contributed by atoms with E-state index < -0.39 is 5.97 Å². The van der Waals surface area contributed by atoms with Gasteiger partial charge >= 0.3 is 5.97 Å². The number of hydrogen-bond donors (Lipinski definition) is 3. The first-order valence-corrected chi connectivity index (χ1v) is 7.52. The molecular weight excluding hydrogens is 292 g/mol. The fourth-order valence-electron chi connectivity index (χ4n) is 3.23. The standard InChI is InChI=1S/C17H16N4O2/c1-9-4-14-15(20-9)18-8-19-16(14)21-13-6-10-2-3-11(17(22)23)5-12(10)7-13/h2-5,8,13H,6-7H2,1H3,(H,22,23)(H2,18,19,20,21). The van der Waals surface area contributed by atoms with Gasteiger partial charge in [-0.1, -0.05) is 6.07 Å². The molecule has 2 heterocycles. The van der Waals surface area contributed by atoms with Gasteiger partial charge in [0.1, 0.15) is 17.8 Å². The maximum Gasteiger partial charge on any atom is 0.335 e. The number of fused-ring (bicyclic) bond motifs is 2. The monoisotopic (exact) mass is 308 g/mol. The number of nitrogens with zero attached hydrogens (tertiary/aromatic N) is 2.